The van der Waals surface area contributed by atoms with Crippen molar-refractivity contribution in [1.82, 2.24) is 5.32 Å². The summed E-state index contributed by atoms with van der Waals surface area (Å²) in [7, 11) is -2.41. The number of benzene rings is 1. The number of alkyl carbamates (subject to hydrolysis) is 1. The molecule has 1 amide bonds. The molecule has 0 aliphatic heterocycles. The van der Waals surface area contributed by atoms with Gasteiger partial charge in [-0.05, 0) is 64.4 Å². The van der Waals surface area contributed by atoms with Crippen LogP contribution < -0.4 is 9.74 Å². The molecule has 1 N–H and O–H groups in total. The summed E-state index contributed by atoms with van der Waals surface area (Å²) in [4.78, 5) is 51.6. The summed E-state index contributed by atoms with van der Waals surface area (Å²) in [6, 6.07) is 1.52. The van der Waals surface area contributed by atoms with Crippen molar-refractivity contribution < 1.29 is 33.1 Å². The number of fused-ring (bicyclic) bond motifs is 1. The number of esters is 1. The summed E-state index contributed by atoms with van der Waals surface area (Å²) in [6.07, 6.45) is 0.145. The van der Waals surface area contributed by atoms with Crippen molar-refractivity contribution in [2.75, 3.05) is 6.61 Å². The van der Waals surface area contributed by atoms with Crippen LogP contribution in [-0.2, 0) is 9.47 Å². The molecule has 8 nitrogen and oxygen atoms in total. The second-order valence-corrected chi connectivity index (χ2v) is 15.5. The number of aryl methyl sites for hydroxylation is 1. The fraction of sp³-hybridized carbons (Fsp3) is 0.520. The number of hydrogen-bond acceptors (Lipinski definition) is 7. The molecule has 0 unspecified atom stereocenters. The molecule has 34 heavy (non-hydrogen) atoms. The lowest BCUT2D eigenvalue weighted by Gasteiger charge is -2.37. The molecule has 1 aromatic carbocycles. The van der Waals surface area contributed by atoms with Gasteiger partial charge in [-0.2, -0.15) is 0 Å². The molecule has 186 valence electrons. The first-order valence-electron chi connectivity index (χ1n) is 11.2. The van der Waals surface area contributed by atoms with Crippen LogP contribution in [0.1, 0.15) is 85.1 Å². The third kappa shape index (κ3) is 5.75. The van der Waals surface area contributed by atoms with Crippen LogP contribution in [0.2, 0.25) is 18.1 Å². The van der Waals surface area contributed by atoms with Gasteiger partial charge in [0.25, 0.3) is 8.32 Å². The average Bonchev–Trinajstić information content (AvgIpc) is 2.64. The summed E-state index contributed by atoms with van der Waals surface area (Å²) in [5.41, 5.74) is -0.634. The van der Waals surface area contributed by atoms with E-state index < -0.39 is 37.5 Å². The van der Waals surface area contributed by atoms with Gasteiger partial charge in [0.15, 0.2) is 5.78 Å². The van der Waals surface area contributed by atoms with Crippen molar-refractivity contribution in [3.8, 4) is 5.75 Å². The van der Waals surface area contributed by atoms with Gasteiger partial charge in [0.1, 0.15) is 16.9 Å². The van der Waals surface area contributed by atoms with Crippen LogP contribution in [0.3, 0.4) is 0 Å². The average molecular weight is 490 g/mol. The number of Topliss-reactive ketones (excluding diaryl/α,β-unsaturated/α-hetero) is 1. The van der Waals surface area contributed by atoms with Crippen LogP contribution in [0.25, 0.3) is 0 Å². The summed E-state index contributed by atoms with van der Waals surface area (Å²) in [5, 5.41) is 2.18. The minimum absolute atomic E-state index is 0.00157. The lowest BCUT2D eigenvalue weighted by molar-refractivity contribution is 0.0514. The molecule has 0 spiro atoms. The highest BCUT2D eigenvalue weighted by molar-refractivity contribution is 6.74. The quantitative estimate of drug-likeness (QED) is 0.439. The lowest BCUT2D eigenvalue weighted by Crippen LogP contribution is -2.44. The largest absolute Gasteiger partial charge is 0.543 e. The molecule has 1 aliphatic carbocycles. The Morgan fingerprint density at radius 2 is 1.65 bits per heavy atom. The number of ketones is 2. The molecule has 0 saturated carbocycles. The first-order valence-corrected chi connectivity index (χ1v) is 14.1. The molecule has 0 fully saturated rings. The van der Waals surface area contributed by atoms with E-state index in [1.165, 1.54) is 6.07 Å². The first kappa shape index (κ1) is 27.3. The normalized spacial score (nSPS) is 14.2. The van der Waals surface area contributed by atoms with Crippen molar-refractivity contribution in [3.05, 3.63) is 40.1 Å². The predicted molar refractivity (Wildman–Crippen MR) is 131 cm³/mol. The smallest absolute Gasteiger partial charge is 0.412 e. The van der Waals surface area contributed by atoms with E-state index in [9.17, 15) is 19.2 Å². The minimum Gasteiger partial charge on any atom is -0.543 e. The van der Waals surface area contributed by atoms with Gasteiger partial charge >= 0.3 is 12.1 Å². The zero-order valence-corrected chi connectivity index (χ0v) is 22.7. The highest BCUT2D eigenvalue weighted by Crippen LogP contribution is 2.41. The lowest BCUT2D eigenvalue weighted by atomic mass is 9.86. The number of nitrogens with one attached hydrogen (secondary N) is 1. The number of allylic oxidation sites excluding steroid dienone is 2. The van der Waals surface area contributed by atoms with E-state index in [1.54, 1.807) is 34.6 Å². The Labute approximate surface area is 202 Å². The van der Waals surface area contributed by atoms with E-state index in [0.29, 0.717) is 5.56 Å². The van der Waals surface area contributed by atoms with Gasteiger partial charge in [-0.1, -0.05) is 20.8 Å². The van der Waals surface area contributed by atoms with Gasteiger partial charge in [0, 0.05) is 11.6 Å². The number of ether oxygens (including phenoxy) is 2. The Morgan fingerprint density at radius 3 is 2.15 bits per heavy atom. The maximum Gasteiger partial charge on any atom is 0.412 e. The maximum atomic E-state index is 13.2. The van der Waals surface area contributed by atoms with Gasteiger partial charge in [-0.3, -0.25) is 14.9 Å². The van der Waals surface area contributed by atoms with Crippen LogP contribution in [-0.4, -0.2) is 44.2 Å². The van der Waals surface area contributed by atoms with Gasteiger partial charge in [0.2, 0.25) is 5.78 Å². The summed E-state index contributed by atoms with van der Waals surface area (Å²) < 4.78 is 16.9. The highest BCUT2D eigenvalue weighted by atomic mass is 28.4. The van der Waals surface area contributed by atoms with Crippen LogP contribution in [0.15, 0.2) is 17.8 Å². The molecule has 2 rings (SSSR count). The Balaban J connectivity index is 2.65. The van der Waals surface area contributed by atoms with E-state index in [4.69, 9.17) is 13.9 Å². The second kappa shape index (κ2) is 9.36. The molecular formula is C25H35NO7Si. The van der Waals surface area contributed by atoms with Crippen LogP contribution in [0.5, 0.6) is 5.75 Å². The maximum absolute atomic E-state index is 13.2. The van der Waals surface area contributed by atoms with Crippen LogP contribution in [0, 0.1) is 6.92 Å². The fourth-order valence-corrected chi connectivity index (χ4v) is 4.17. The standard InChI is InChI=1S/C25H35NO7Si/c1-11-31-22(29)19-18-15(12-14(2)21(19)33-34(9,10)25(6,7)8)20(28)16(13-17(18)27)26-23(30)32-24(3,4)5/h12-13H,11H2,1-10H3,(H,26,30). The van der Waals surface area contributed by atoms with Crippen LogP contribution >= 0.6 is 0 Å². The molecule has 0 heterocycles. The monoisotopic (exact) mass is 489 g/mol. The van der Waals surface area contributed by atoms with Gasteiger partial charge < -0.3 is 13.9 Å². The van der Waals surface area contributed by atoms with E-state index in [1.807, 2.05) is 13.1 Å². The van der Waals surface area contributed by atoms with Gasteiger partial charge in [0.05, 0.1) is 17.9 Å². The molecule has 0 aromatic heterocycles. The molecule has 1 aliphatic rings. The van der Waals surface area contributed by atoms with Crippen molar-refractivity contribution in [2.24, 2.45) is 0 Å². The van der Waals surface area contributed by atoms with Crippen molar-refractivity contribution >= 4 is 31.9 Å². The number of hydrogen-bond donors (Lipinski definition) is 1. The second-order valence-electron chi connectivity index (χ2n) is 10.8. The number of carbonyl (C=O) groups is 4. The molecular weight excluding hydrogens is 454 g/mol. The zero-order chi connectivity index (χ0) is 26.2. The Hall–Kier alpha value is -2.94. The third-order valence-electron chi connectivity index (χ3n) is 5.76. The fourth-order valence-electron chi connectivity index (χ4n) is 3.09. The highest BCUT2D eigenvalue weighted by Gasteiger charge is 2.42. The first-order chi connectivity index (χ1) is 15.4. The van der Waals surface area contributed by atoms with Crippen molar-refractivity contribution in [1.29, 1.82) is 0 Å². The Morgan fingerprint density at radius 1 is 1.06 bits per heavy atom. The molecule has 1 aromatic rings. The van der Waals surface area contributed by atoms with Crippen LogP contribution in [0.4, 0.5) is 4.79 Å². The van der Waals surface area contributed by atoms with Gasteiger partial charge in [-0.25, -0.2) is 9.59 Å². The number of amides is 1. The summed E-state index contributed by atoms with van der Waals surface area (Å²) in [5.74, 6) is -1.70. The Kier molecular flexibility index (Phi) is 7.52. The molecule has 0 bridgehead atoms. The van der Waals surface area contributed by atoms with Crippen molar-refractivity contribution in [2.45, 2.75) is 79.1 Å². The van der Waals surface area contributed by atoms with Crippen molar-refractivity contribution in [3.63, 3.8) is 0 Å². The Bertz CT molecular complexity index is 1070. The molecule has 9 heteroatoms. The SMILES string of the molecule is CCOC(=O)c1c(O[Si](C)(C)C(C)(C)C)c(C)cc2c1C(=O)C=C(NC(=O)OC(C)(C)C)C2=O. The van der Waals surface area contributed by atoms with E-state index in [-0.39, 0.29) is 39.8 Å². The predicted octanol–water partition coefficient (Wildman–Crippen LogP) is 5.34. The summed E-state index contributed by atoms with van der Waals surface area (Å²) in [6.45, 7) is 18.7. The number of carbonyl (C=O) groups excluding carboxylic acids is 4. The van der Waals surface area contributed by atoms with E-state index in [2.05, 4.69) is 26.1 Å². The van der Waals surface area contributed by atoms with Gasteiger partial charge in [-0.15, -0.1) is 0 Å². The molecule has 0 saturated heterocycles. The van der Waals surface area contributed by atoms with E-state index >= 15 is 0 Å². The minimum atomic E-state index is -2.41. The topological polar surface area (TPSA) is 108 Å². The number of rotatable bonds is 5. The molecule has 0 atom stereocenters. The summed E-state index contributed by atoms with van der Waals surface area (Å²) >= 11 is 0. The third-order valence-corrected chi connectivity index (χ3v) is 10.1. The zero-order valence-electron chi connectivity index (χ0n) is 21.7. The van der Waals surface area contributed by atoms with E-state index in [0.717, 1.165) is 6.08 Å². The molecule has 0 radical (unpaired) electrons.